The summed E-state index contributed by atoms with van der Waals surface area (Å²) in [5.74, 6) is 0.695. The minimum atomic E-state index is 0.396. The van der Waals surface area contributed by atoms with Crippen LogP contribution in [0.15, 0.2) is 4.99 Å². The van der Waals surface area contributed by atoms with Gasteiger partial charge in [0.25, 0.3) is 0 Å². The second-order valence-corrected chi connectivity index (χ2v) is 5.48. The van der Waals surface area contributed by atoms with E-state index in [1.165, 1.54) is 0 Å². The lowest BCUT2D eigenvalue weighted by Crippen LogP contribution is -2.35. The quantitative estimate of drug-likeness (QED) is 0.785. The zero-order valence-electron chi connectivity index (χ0n) is 10.1. The van der Waals surface area contributed by atoms with Crippen LogP contribution in [-0.2, 0) is 4.74 Å². The first-order valence-corrected chi connectivity index (χ1v) is 6.51. The lowest BCUT2D eigenvalue weighted by Gasteiger charge is -2.17. The van der Waals surface area contributed by atoms with E-state index in [2.05, 4.69) is 31.1 Å². The molecule has 0 aromatic rings. The van der Waals surface area contributed by atoms with E-state index in [9.17, 15) is 0 Å². The molecule has 2 unspecified atom stereocenters. The predicted molar refractivity (Wildman–Crippen MR) is 67.6 cm³/mol. The van der Waals surface area contributed by atoms with Gasteiger partial charge in [0.05, 0.1) is 19.2 Å². The maximum atomic E-state index is 5.15. The monoisotopic (exact) mass is 230 g/mol. The summed E-state index contributed by atoms with van der Waals surface area (Å²) in [4.78, 5) is 4.52. The molecule has 0 fully saturated rings. The number of hydrogen-bond donors (Lipinski definition) is 1. The van der Waals surface area contributed by atoms with E-state index in [-0.39, 0.29) is 0 Å². The molecule has 0 aromatic carbocycles. The topological polar surface area (TPSA) is 33.6 Å². The summed E-state index contributed by atoms with van der Waals surface area (Å²) in [6.45, 7) is 8.37. The van der Waals surface area contributed by atoms with Crippen molar-refractivity contribution in [1.82, 2.24) is 5.32 Å². The lowest BCUT2D eigenvalue weighted by atomic mass is 10.1. The fourth-order valence-electron chi connectivity index (χ4n) is 1.45. The SMILES string of the molecule is CCC(COC)NC1=NCC(C(C)C)S1. The van der Waals surface area contributed by atoms with Crippen LogP contribution in [0, 0.1) is 5.92 Å². The van der Waals surface area contributed by atoms with E-state index < -0.39 is 0 Å². The summed E-state index contributed by atoms with van der Waals surface area (Å²) in [6, 6.07) is 0.396. The number of hydrogen-bond acceptors (Lipinski definition) is 4. The van der Waals surface area contributed by atoms with Crippen molar-refractivity contribution in [1.29, 1.82) is 0 Å². The second-order valence-electron chi connectivity index (χ2n) is 4.25. The Labute approximate surface area is 97.1 Å². The van der Waals surface area contributed by atoms with E-state index in [1.54, 1.807) is 7.11 Å². The van der Waals surface area contributed by atoms with Gasteiger partial charge in [0.1, 0.15) is 0 Å². The first kappa shape index (κ1) is 12.8. The van der Waals surface area contributed by atoms with Crippen molar-refractivity contribution in [3.63, 3.8) is 0 Å². The molecule has 0 radical (unpaired) electrons. The number of rotatable bonds is 5. The molecule has 3 nitrogen and oxygen atoms in total. The highest BCUT2D eigenvalue weighted by Crippen LogP contribution is 2.26. The molecular formula is C11H22N2OS. The molecule has 0 spiro atoms. The Balaban J connectivity index is 2.34. The highest BCUT2D eigenvalue weighted by atomic mass is 32.2. The normalized spacial score (nSPS) is 23.0. The molecule has 1 rings (SSSR count). The zero-order valence-corrected chi connectivity index (χ0v) is 10.9. The third-order valence-electron chi connectivity index (χ3n) is 2.61. The molecule has 15 heavy (non-hydrogen) atoms. The summed E-state index contributed by atoms with van der Waals surface area (Å²) >= 11 is 1.87. The van der Waals surface area contributed by atoms with E-state index >= 15 is 0 Å². The van der Waals surface area contributed by atoms with Gasteiger partial charge in [-0.1, -0.05) is 32.5 Å². The molecule has 1 aliphatic heterocycles. The summed E-state index contributed by atoms with van der Waals surface area (Å²) in [5, 5.41) is 5.18. The molecule has 0 aromatic heterocycles. The van der Waals surface area contributed by atoms with Gasteiger partial charge in [-0.2, -0.15) is 0 Å². The van der Waals surface area contributed by atoms with Crippen LogP contribution in [-0.4, -0.2) is 36.7 Å². The molecule has 0 amide bonds. The standard InChI is InChI=1S/C11H22N2OS/c1-5-9(7-14-4)13-11-12-6-10(15-11)8(2)3/h8-10H,5-7H2,1-4H3,(H,12,13). The average Bonchev–Trinajstić information content (AvgIpc) is 2.65. The first-order chi connectivity index (χ1) is 7.17. The summed E-state index contributed by atoms with van der Waals surface area (Å²) < 4.78 is 5.15. The van der Waals surface area contributed by atoms with Crippen molar-refractivity contribution in [2.75, 3.05) is 20.3 Å². The molecule has 0 saturated carbocycles. The van der Waals surface area contributed by atoms with Gasteiger partial charge >= 0.3 is 0 Å². The zero-order chi connectivity index (χ0) is 11.3. The Morgan fingerprint density at radius 2 is 2.33 bits per heavy atom. The number of aliphatic imine (C=N–C) groups is 1. The van der Waals surface area contributed by atoms with Crippen LogP contribution in [0.3, 0.4) is 0 Å². The van der Waals surface area contributed by atoms with E-state index in [1.807, 2.05) is 11.8 Å². The Bertz CT molecular complexity index is 219. The predicted octanol–water partition coefficient (Wildman–Crippen LogP) is 2.13. The van der Waals surface area contributed by atoms with Gasteiger partial charge in [0.2, 0.25) is 0 Å². The van der Waals surface area contributed by atoms with Crippen LogP contribution in [0.5, 0.6) is 0 Å². The molecule has 1 N–H and O–H groups in total. The largest absolute Gasteiger partial charge is 0.383 e. The smallest absolute Gasteiger partial charge is 0.157 e. The Morgan fingerprint density at radius 1 is 1.60 bits per heavy atom. The van der Waals surface area contributed by atoms with Crippen molar-refractivity contribution < 1.29 is 4.74 Å². The average molecular weight is 230 g/mol. The number of ether oxygens (including phenoxy) is 1. The summed E-state index contributed by atoms with van der Waals surface area (Å²) in [7, 11) is 1.74. The fraction of sp³-hybridized carbons (Fsp3) is 0.909. The third-order valence-corrected chi connectivity index (χ3v) is 4.08. The molecule has 0 saturated heterocycles. The minimum Gasteiger partial charge on any atom is -0.383 e. The van der Waals surface area contributed by atoms with Gasteiger partial charge in [0.15, 0.2) is 5.17 Å². The van der Waals surface area contributed by atoms with Gasteiger partial charge in [-0.25, -0.2) is 0 Å². The highest BCUT2D eigenvalue weighted by molar-refractivity contribution is 8.14. The Hall–Kier alpha value is -0.220. The Kier molecular flexibility index (Phi) is 5.47. The second kappa shape index (κ2) is 6.38. The maximum Gasteiger partial charge on any atom is 0.157 e. The lowest BCUT2D eigenvalue weighted by molar-refractivity contribution is 0.172. The highest BCUT2D eigenvalue weighted by Gasteiger charge is 2.23. The van der Waals surface area contributed by atoms with Gasteiger partial charge in [-0.15, -0.1) is 0 Å². The van der Waals surface area contributed by atoms with Gasteiger partial charge in [-0.05, 0) is 12.3 Å². The van der Waals surface area contributed by atoms with Crippen LogP contribution >= 0.6 is 11.8 Å². The van der Waals surface area contributed by atoms with Crippen molar-refractivity contribution in [3.8, 4) is 0 Å². The summed E-state index contributed by atoms with van der Waals surface area (Å²) in [5.41, 5.74) is 0. The molecule has 4 heteroatoms. The summed E-state index contributed by atoms with van der Waals surface area (Å²) in [6.07, 6.45) is 1.07. The van der Waals surface area contributed by atoms with Crippen LogP contribution in [0.4, 0.5) is 0 Å². The van der Waals surface area contributed by atoms with Crippen LogP contribution in [0.25, 0.3) is 0 Å². The van der Waals surface area contributed by atoms with Crippen molar-refractivity contribution in [3.05, 3.63) is 0 Å². The van der Waals surface area contributed by atoms with E-state index in [0.717, 1.165) is 24.7 Å². The number of thioether (sulfide) groups is 1. The number of nitrogens with one attached hydrogen (secondary N) is 1. The number of amidine groups is 1. The van der Waals surface area contributed by atoms with Crippen LogP contribution in [0.1, 0.15) is 27.2 Å². The maximum absolute atomic E-state index is 5.15. The molecule has 2 atom stereocenters. The number of methoxy groups -OCH3 is 1. The molecular weight excluding hydrogens is 208 g/mol. The van der Waals surface area contributed by atoms with Gasteiger partial charge in [-0.3, -0.25) is 4.99 Å². The van der Waals surface area contributed by atoms with Crippen molar-refractivity contribution in [2.24, 2.45) is 10.9 Å². The Morgan fingerprint density at radius 3 is 2.80 bits per heavy atom. The van der Waals surface area contributed by atoms with Crippen molar-refractivity contribution >= 4 is 16.9 Å². The first-order valence-electron chi connectivity index (χ1n) is 5.64. The molecule has 0 bridgehead atoms. The van der Waals surface area contributed by atoms with Crippen LogP contribution in [0.2, 0.25) is 0 Å². The van der Waals surface area contributed by atoms with E-state index in [0.29, 0.717) is 17.2 Å². The van der Waals surface area contributed by atoms with E-state index in [4.69, 9.17) is 4.74 Å². The number of nitrogens with zero attached hydrogens (tertiary/aromatic N) is 1. The molecule has 1 aliphatic rings. The molecule has 88 valence electrons. The molecule has 0 aliphatic carbocycles. The third kappa shape index (κ3) is 4.03. The minimum absolute atomic E-state index is 0.396. The molecule has 1 heterocycles. The van der Waals surface area contributed by atoms with Gasteiger partial charge in [0, 0.05) is 12.4 Å². The fourth-order valence-corrected chi connectivity index (χ4v) is 2.55. The van der Waals surface area contributed by atoms with Gasteiger partial charge < -0.3 is 10.1 Å². The van der Waals surface area contributed by atoms with Crippen LogP contribution < -0.4 is 5.32 Å². The van der Waals surface area contributed by atoms with Crippen molar-refractivity contribution in [2.45, 2.75) is 38.5 Å².